The first-order chi connectivity index (χ1) is 13.2. The van der Waals surface area contributed by atoms with Crippen molar-refractivity contribution in [1.29, 1.82) is 0 Å². The molecular weight excluding hydrogens is 342 g/mol. The number of rotatable bonds is 3. The van der Waals surface area contributed by atoms with Crippen LogP contribution < -0.4 is 0 Å². The molecule has 0 amide bonds. The standard InChI is InChI=1S/C22H27NO4/c1-25-21(24)20-16-12-14-22-13-6-5-9-17(22)19(16)23(27-20)26-18(22)11-10-15-7-3-2-4-8-15/h2-4,7-8,10-11,16-20H,5-6,9,12-14H2,1H3/b11-10+/t16-,17?,18?,19-,20-,22+/m0/s1. The zero-order valence-corrected chi connectivity index (χ0v) is 15.8. The Bertz CT molecular complexity index is 735. The first kappa shape index (κ1) is 17.4. The molecule has 6 atom stereocenters. The van der Waals surface area contributed by atoms with E-state index in [-0.39, 0.29) is 29.4 Å². The predicted octanol–water partition coefficient (Wildman–Crippen LogP) is 3.76. The highest BCUT2D eigenvalue weighted by Gasteiger charge is 2.65. The normalized spacial score (nSPS) is 40.7. The van der Waals surface area contributed by atoms with Gasteiger partial charge in [-0.15, -0.1) is 0 Å². The molecule has 2 aliphatic carbocycles. The molecule has 144 valence electrons. The fraction of sp³-hybridized carbons (Fsp3) is 0.591. The van der Waals surface area contributed by atoms with E-state index in [1.54, 1.807) is 5.23 Å². The second-order valence-corrected chi connectivity index (χ2v) is 8.41. The first-order valence-electron chi connectivity index (χ1n) is 10.2. The summed E-state index contributed by atoms with van der Waals surface area (Å²) in [6.07, 6.45) is 10.8. The van der Waals surface area contributed by atoms with Gasteiger partial charge in [0.15, 0.2) is 6.10 Å². The Labute approximate surface area is 160 Å². The van der Waals surface area contributed by atoms with Crippen LogP contribution in [0.4, 0.5) is 0 Å². The van der Waals surface area contributed by atoms with Crippen molar-refractivity contribution >= 4 is 12.0 Å². The molecule has 27 heavy (non-hydrogen) atoms. The van der Waals surface area contributed by atoms with Gasteiger partial charge in [-0.25, -0.2) is 4.79 Å². The van der Waals surface area contributed by atoms with Crippen molar-refractivity contribution < 1.29 is 19.2 Å². The van der Waals surface area contributed by atoms with Gasteiger partial charge in [-0.2, -0.15) is 0 Å². The smallest absolute Gasteiger partial charge is 0.337 e. The van der Waals surface area contributed by atoms with E-state index in [0.717, 1.165) is 12.8 Å². The van der Waals surface area contributed by atoms with E-state index in [1.807, 2.05) is 6.07 Å². The van der Waals surface area contributed by atoms with E-state index in [1.165, 1.54) is 38.4 Å². The maximum Gasteiger partial charge on any atom is 0.337 e. The van der Waals surface area contributed by atoms with Crippen molar-refractivity contribution in [3.05, 3.63) is 42.0 Å². The van der Waals surface area contributed by atoms with Gasteiger partial charge in [0.1, 0.15) is 6.10 Å². The van der Waals surface area contributed by atoms with Crippen LogP contribution in [0, 0.1) is 17.3 Å². The first-order valence-corrected chi connectivity index (χ1v) is 10.2. The molecular formula is C22H27NO4. The van der Waals surface area contributed by atoms with Crippen LogP contribution in [0.25, 0.3) is 6.08 Å². The zero-order valence-electron chi connectivity index (χ0n) is 15.8. The fourth-order valence-corrected chi connectivity index (χ4v) is 6.04. The largest absolute Gasteiger partial charge is 0.467 e. The van der Waals surface area contributed by atoms with Crippen molar-refractivity contribution in [1.82, 2.24) is 5.23 Å². The van der Waals surface area contributed by atoms with Gasteiger partial charge in [-0.05, 0) is 37.2 Å². The van der Waals surface area contributed by atoms with E-state index >= 15 is 0 Å². The average Bonchev–Trinajstić information content (AvgIpc) is 3.12. The highest BCUT2D eigenvalue weighted by Crippen LogP contribution is 2.61. The minimum atomic E-state index is -0.531. The maximum atomic E-state index is 12.3. The number of methoxy groups -OCH3 is 1. The molecule has 1 aromatic rings. The lowest BCUT2D eigenvalue weighted by Crippen LogP contribution is -2.62. The van der Waals surface area contributed by atoms with Crippen molar-refractivity contribution in [2.45, 2.75) is 56.8 Å². The van der Waals surface area contributed by atoms with E-state index in [9.17, 15) is 4.79 Å². The van der Waals surface area contributed by atoms with Crippen molar-refractivity contribution in [2.24, 2.45) is 17.3 Å². The molecule has 4 fully saturated rings. The van der Waals surface area contributed by atoms with Crippen LogP contribution in [0.3, 0.4) is 0 Å². The number of hydrogen-bond acceptors (Lipinski definition) is 5. The number of nitrogens with zero attached hydrogens (tertiary/aromatic N) is 1. The molecule has 1 aromatic carbocycles. The molecule has 2 saturated carbocycles. The zero-order chi connectivity index (χ0) is 18.4. The summed E-state index contributed by atoms with van der Waals surface area (Å²) >= 11 is 0. The summed E-state index contributed by atoms with van der Waals surface area (Å²) in [6, 6.07) is 10.5. The summed E-state index contributed by atoms with van der Waals surface area (Å²) in [5.41, 5.74) is 1.34. The molecule has 2 saturated heterocycles. The summed E-state index contributed by atoms with van der Waals surface area (Å²) < 4.78 is 5.00. The molecule has 0 spiro atoms. The Morgan fingerprint density at radius 1 is 1.19 bits per heavy atom. The summed E-state index contributed by atoms with van der Waals surface area (Å²) in [6.45, 7) is 0. The molecule has 5 rings (SSSR count). The Morgan fingerprint density at radius 3 is 2.85 bits per heavy atom. The Balaban J connectivity index is 1.48. The van der Waals surface area contributed by atoms with Crippen molar-refractivity contribution in [3.8, 4) is 0 Å². The second-order valence-electron chi connectivity index (χ2n) is 8.41. The molecule has 2 bridgehead atoms. The highest BCUT2D eigenvalue weighted by molar-refractivity contribution is 5.75. The third-order valence-corrected chi connectivity index (χ3v) is 7.27. The molecule has 5 heteroatoms. The minimum Gasteiger partial charge on any atom is -0.467 e. The summed E-state index contributed by atoms with van der Waals surface area (Å²) in [5.74, 6) is 0.407. The Kier molecular flexibility index (Phi) is 4.34. The second kappa shape index (κ2) is 6.73. The van der Waals surface area contributed by atoms with Crippen LogP contribution >= 0.6 is 0 Å². The predicted molar refractivity (Wildman–Crippen MR) is 100.0 cm³/mol. The van der Waals surface area contributed by atoms with E-state index in [2.05, 4.69) is 36.4 Å². The number of benzene rings is 1. The average molecular weight is 369 g/mol. The van der Waals surface area contributed by atoms with Crippen LogP contribution in [-0.4, -0.2) is 36.6 Å². The van der Waals surface area contributed by atoms with Gasteiger partial charge in [0.05, 0.1) is 13.2 Å². The number of esters is 1. The summed E-state index contributed by atoms with van der Waals surface area (Å²) in [4.78, 5) is 24.6. The SMILES string of the molecule is COC(=O)[C@H]1ON2OC(/C=C/c3ccccc3)[C@@]34CCCCC3[C@@H]2[C@@H]1CC4. The van der Waals surface area contributed by atoms with Gasteiger partial charge in [0.2, 0.25) is 0 Å². The molecule has 2 unspecified atom stereocenters. The number of carbonyl (C=O) groups is 1. The molecule has 0 radical (unpaired) electrons. The maximum absolute atomic E-state index is 12.3. The lowest BCUT2D eigenvalue weighted by molar-refractivity contribution is -0.428. The van der Waals surface area contributed by atoms with E-state index in [4.69, 9.17) is 14.4 Å². The lowest BCUT2D eigenvalue weighted by Gasteiger charge is -2.59. The van der Waals surface area contributed by atoms with Crippen LogP contribution in [0.2, 0.25) is 0 Å². The Hall–Kier alpha value is -1.69. The summed E-state index contributed by atoms with van der Waals surface area (Å²) in [7, 11) is 1.43. The quantitative estimate of drug-likeness (QED) is 0.760. The fourth-order valence-electron chi connectivity index (χ4n) is 6.04. The Morgan fingerprint density at radius 2 is 2.04 bits per heavy atom. The minimum absolute atomic E-state index is 0.0170. The monoisotopic (exact) mass is 369 g/mol. The van der Waals surface area contributed by atoms with Gasteiger partial charge in [-0.3, -0.25) is 9.68 Å². The molecule has 2 aliphatic heterocycles. The highest BCUT2D eigenvalue weighted by atomic mass is 17.0. The van der Waals surface area contributed by atoms with Crippen molar-refractivity contribution in [3.63, 3.8) is 0 Å². The van der Waals surface area contributed by atoms with Gasteiger partial charge < -0.3 is 4.74 Å². The van der Waals surface area contributed by atoms with Gasteiger partial charge in [0, 0.05) is 11.3 Å². The van der Waals surface area contributed by atoms with Gasteiger partial charge in [0.25, 0.3) is 0 Å². The number of hydrogen-bond donors (Lipinski definition) is 0. The molecule has 2 heterocycles. The van der Waals surface area contributed by atoms with E-state index in [0.29, 0.717) is 5.92 Å². The van der Waals surface area contributed by atoms with Crippen LogP contribution in [-0.2, 0) is 19.2 Å². The lowest BCUT2D eigenvalue weighted by atomic mass is 9.52. The van der Waals surface area contributed by atoms with Crippen LogP contribution in [0.1, 0.15) is 44.1 Å². The van der Waals surface area contributed by atoms with Gasteiger partial charge >= 0.3 is 5.97 Å². The molecule has 4 aliphatic rings. The number of carbonyl (C=O) groups excluding carboxylic acids is 1. The van der Waals surface area contributed by atoms with E-state index < -0.39 is 6.10 Å². The molecule has 5 nitrogen and oxygen atoms in total. The number of hydroxylamine groups is 2. The molecule has 0 N–H and O–H groups in total. The summed E-state index contributed by atoms with van der Waals surface area (Å²) in [5, 5.41) is 1.67. The third-order valence-electron chi connectivity index (χ3n) is 7.27. The van der Waals surface area contributed by atoms with Gasteiger partial charge in [-0.1, -0.05) is 60.6 Å². The van der Waals surface area contributed by atoms with Crippen LogP contribution in [0.15, 0.2) is 36.4 Å². The number of ether oxygens (including phenoxy) is 1. The topological polar surface area (TPSA) is 48.0 Å². The molecule has 0 aromatic heterocycles. The van der Waals surface area contributed by atoms with Crippen molar-refractivity contribution in [2.75, 3.05) is 7.11 Å². The van der Waals surface area contributed by atoms with Crippen LogP contribution in [0.5, 0.6) is 0 Å². The third kappa shape index (κ3) is 2.67.